The lowest BCUT2D eigenvalue weighted by molar-refractivity contribution is -0.114. The van der Waals surface area contributed by atoms with Crippen molar-refractivity contribution in [3.8, 4) is 0 Å². The second kappa shape index (κ2) is 3.66. The van der Waals surface area contributed by atoms with Gasteiger partial charge in [0.05, 0.1) is 10.7 Å². The number of hydrogen-bond acceptors (Lipinski definition) is 2. The van der Waals surface area contributed by atoms with E-state index in [-0.39, 0.29) is 11.7 Å². The van der Waals surface area contributed by atoms with Gasteiger partial charge >= 0.3 is 0 Å². The number of hydrogen-bond donors (Lipinski definition) is 1. The fraction of sp³-hybridized carbons (Fsp3) is 0.273. The normalized spacial score (nSPS) is 13.9. The Balaban J connectivity index is 2.46. The minimum Gasteiger partial charge on any atom is -0.325 e. The van der Waals surface area contributed by atoms with Gasteiger partial charge in [-0.05, 0) is 24.1 Å². The molecule has 1 amide bonds. The van der Waals surface area contributed by atoms with Crippen molar-refractivity contribution in [1.82, 2.24) is 0 Å². The number of anilines is 1. The third kappa shape index (κ3) is 1.75. The quantitative estimate of drug-likeness (QED) is 0.795. The lowest BCUT2D eigenvalue weighted by Gasteiger charge is -2.08. The summed E-state index contributed by atoms with van der Waals surface area (Å²) in [7, 11) is 0. The molecule has 1 aromatic rings. The SMILES string of the molecule is CC(=O)Nc1ccc2c(c1Cl)CCC2=O. The molecular formula is C11H10ClNO2. The molecule has 0 saturated carbocycles. The molecule has 0 spiro atoms. The molecule has 2 rings (SSSR count). The molecule has 0 atom stereocenters. The zero-order chi connectivity index (χ0) is 11.0. The van der Waals surface area contributed by atoms with Gasteiger partial charge < -0.3 is 5.32 Å². The number of carbonyl (C=O) groups is 2. The van der Waals surface area contributed by atoms with Crippen LogP contribution in [0.2, 0.25) is 5.02 Å². The Kier molecular flexibility index (Phi) is 2.49. The Morgan fingerprint density at radius 1 is 1.40 bits per heavy atom. The number of fused-ring (bicyclic) bond motifs is 1. The van der Waals surface area contributed by atoms with Crippen molar-refractivity contribution in [3.63, 3.8) is 0 Å². The average Bonchev–Trinajstić information content (AvgIpc) is 2.53. The largest absolute Gasteiger partial charge is 0.325 e. The molecule has 15 heavy (non-hydrogen) atoms. The summed E-state index contributed by atoms with van der Waals surface area (Å²) in [5.74, 6) is -0.0394. The molecule has 4 heteroatoms. The molecule has 1 aliphatic rings. The molecule has 3 nitrogen and oxygen atoms in total. The van der Waals surface area contributed by atoms with Crippen LogP contribution in [-0.4, -0.2) is 11.7 Å². The zero-order valence-electron chi connectivity index (χ0n) is 8.26. The Morgan fingerprint density at radius 2 is 2.13 bits per heavy atom. The van der Waals surface area contributed by atoms with Crippen LogP contribution in [0.25, 0.3) is 0 Å². The average molecular weight is 224 g/mol. The van der Waals surface area contributed by atoms with E-state index in [1.165, 1.54) is 6.92 Å². The van der Waals surface area contributed by atoms with Crippen LogP contribution >= 0.6 is 11.6 Å². The Morgan fingerprint density at radius 3 is 2.80 bits per heavy atom. The number of halogens is 1. The zero-order valence-corrected chi connectivity index (χ0v) is 9.02. The summed E-state index contributed by atoms with van der Waals surface area (Å²) in [6.07, 6.45) is 1.18. The topological polar surface area (TPSA) is 46.2 Å². The van der Waals surface area contributed by atoms with Crippen molar-refractivity contribution in [2.45, 2.75) is 19.8 Å². The summed E-state index contributed by atoms with van der Waals surface area (Å²) in [4.78, 5) is 22.3. The fourth-order valence-corrected chi connectivity index (χ4v) is 2.09. The van der Waals surface area contributed by atoms with Gasteiger partial charge in [-0.2, -0.15) is 0 Å². The highest BCUT2D eigenvalue weighted by molar-refractivity contribution is 6.35. The molecule has 0 saturated heterocycles. The summed E-state index contributed by atoms with van der Waals surface area (Å²) in [5.41, 5.74) is 2.12. The third-order valence-corrected chi connectivity index (χ3v) is 2.89. The molecule has 0 radical (unpaired) electrons. The number of ketones is 1. The maximum absolute atomic E-state index is 11.4. The Bertz CT molecular complexity index is 454. The van der Waals surface area contributed by atoms with Gasteiger partial charge in [-0.25, -0.2) is 0 Å². The van der Waals surface area contributed by atoms with E-state index in [9.17, 15) is 9.59 Å². The Hall–Kier alpha value is -1.35. The third-order valence-electron chi connectivity index (χ3n) is 2.46. The molecule has 0 bridgehead atoms. The predicted molar refractivity (Wildman–Crippen MR) is 58.4 cm³/mol. The summed E-state index contributed by atoms with van der Waals surface area (Å²) in [5, 5.41) is 3.13. The van der Waals surface area contributed by atoms with E-state index in [4.69, 9.17) is 11.6 Å². The first-order chi connectivity index (χ1) is 7.09. The second-order valence-electron chi connectivity index (χ2n) is 3.56. The fourth-order valence-electron chi connectivity index (χ4n) is 1.79. The molecule has 1 N–H and O–H groups in total. The smallest absolute Gasteiger partial charge is 0.221 e. The molecule has 0 heterocycles. The molecule has 1 aromatic carbocycles. The highest BCUT2D eigenvalue weighted by atomic mass is 35.5. The summed E-state index contributed by atoms with van der Waals surface area (Å²) in [6, 6.07) is 3.40. The lowest BCUT2D eigenvalue weighted by Crippen LogP contribution is -2.07. The molecule has 0 aliphatic heterocycles. The van der Waals surface area contributed by atoms with Crippen LogP contribution < -0.4 is 5.32 Å². The van der Waals surface area contributed by atoms with Crippen LogP contribution in [0.5, 0.6) is 0 Å². The highest BCUT2D eigenvalue weighted by Crippen LogP contribution is 2.34. The van der Waals surface area contributed by atoms with Gasteiger partial charge in [-0.15, -0.1) is 0 Å². The molecule has 1 aliphatic carbocycles. The minimum absolute atomic E-state index is 0.126. The van der Waals surface area contributed by atoms with Crippen LogP contribution in [0, 0.1) is 0 Å². The van der Waals surface area contributed by atoms with Crippen molar-refractivity contribution < 1.29 is 9.59 Å². The van der Waals surface area contributed by atoms with Crippen LogP contribution in [0.15, 0.2) is 12.1 Å². The number of amides is 1. The first-order valence-electron chi connectivity index (χ1n) is 4.72. The van der Waals surface area contributed by atoms with E-state index in [0.29, 0.717) is 29.1 Å². The van der Waals surface area contributed by atoms with Gasteiger partial charge in [0.15, 0.2) is 5.78 Å². The Labute approximate surface area is 92.4 Å². The van der Waals surface area contributed by atoms with Crippen molar-refractivity contribution >= 4 is 29.0 Å². The van der Waals surface area contributed by atoms with Gasteiger partial charge in [-0.3, -0.25) is 9.59 Å². The lowest BCUT2D eigenvalue weighted by atomic mass is 10.1. The molecule has 0 unspecified atom stereocenters. The van der Waals surface area contributed by atoms with E-state index in [1.54, 1.807) is 12.1 Å². The van der Waals surface area contributed by atoms with Gasteiger partial charge in [-0.1, -0.05) is 11.6 Å². The first kappa shape index (κ1) is 10.2. The van der Waals surface area contributed by atoms with Gasteiger partial charge in [0, 0.05) is 18.9 Å². The van der Waals surface area contributed by atoms with Crippen molar-refractivity contribution in [3.05, 3.63) is 28.3 Å². The van der Waals surface area contributed by atoms with Crippen LogP contribution in [0.4, 0.5) is 5.69 Å². The maximum atomic E-state index is 11.4. The number of rotatable bonds is 1. The maximum Gasteiger partial charge on any atom is 0.221 e. The van der Waals surface area contributed by atoms with Crippen molar-refractivity contribution in [2.24, 2.45) is 0 Å². The van der Waals surface area contributed by atoms with Crippen molar-refractivity contribution in [2.75, 3.05) is 5.32 Å². The molecular weight excluding hydrogens is 214 g/mol. The van der Waals surface area contributed by atoms with Crippen LogP contribution in [-0.2, 0) is 11.2 Å². The van der Waals surface area contributed by atoms with Crippen LogP contribution in [0.1, 0.15) is 29.3 Å². The van der Waals surface area contributed by atoms with Crippen molar-refractivity contribution in [1.29, 1.82) is 0 Å². The number of Topliss-reactive ketones (excluding diaryl/α,β-unsaturated/α-hetero) is 1. The first-order valence-corrected chi connectivity index (χ1v) is 5.09. The second-order valence-corrected chi connectivity index (χ2v) is 3.94. The summed E-state index contributed by atoms with van der Waals surface area (Å²) >= 11 is 6.10. The van der Waals surface area contributed by atoms with E-state index < -0.39 is 0 Å². The van der Waals surface area contributed by atoms with E-state index in [1.807, 2.05) is 0 Å². The van der Waals surface area contributed by atoms with E-state index in [0.717, 1.165) is 5.56 Å². The van der Waals surface area contributed by atoms with E-state index in [2.05, 4.69) is 5.32 Å². The molecule has 0 aromatic heterocycles. The summed E-state index contributed by atoms with van der Waals surface area (Å²) < 4.78 is 0. The van der Waals surface area contributed by atoms with Gasteiger partial charge in [0.1, 0.15) is 0 Å². The predicted octanol–water partition coefficient (Wildman–Crippen LogP) is 2.43. The van der Waals surface area contributed by atoms with Gasteiger partial charge in [0.25, 0.3) is 0 Å². The minimum atomic E-state index is -0.166. The highest BCUT2D eigenvalue weighted by Gasteiger charge is 2.23. The van der Waals surface area contributed by atoms with E-state index >= 15 is 0 Å². The number of carbonyl (C=O) groups excluding carboxylic acids is 2. The summed E-state index contributed by atoms with van der Waals surface area (Å²) in [6.45, 7) is 1.43. The monoisotopic (exact) mass is 223 g/mol. The molecule has 78 valence electrons. The molecule has 0 fully saturated rings. The standard InChI is InChI=1S/C11H10ClNO2/c1-6(14)13-9-4-2-7-8(11(9)12)3-5-10(7)15/h2,4H,3,5H2,1H3,(H,13,14). The number of benzene rings is 1. The van der Waals surface area contributed by atoms with Gasteiger partial charge in [0.2, 0.25) is 5.91 Å². The number of nitrogens with one attached hydrogen (secondary N) is 1. The van der Waals surface area contributed by atoms with Crippen LogP contribution in [0.3, 0.4) is 0 Å².